The number of hydrogen-bond donors (Lipinski definition) is 2. The smallest absolute Gasteiger partial charge is 0.408 e. The standard InChI is InChI=1S/C18H17F3N6O/c1-3-28-16-14-13(11-5-7-27-12(8-11)4-6-23-27)9-22-15(14)25-17(26-16)24-10(2)18(19,20)21/h4-10H,3H2,1-2H3,(H2,22,24,25,26). The van der Waals surface area contributed by atoms with E-state index in [-0.39, 0.29) is 11.8 Å². The van der Waals surface area contributed by atoms with Crippen molar-refractivity contribution < 1.29 is 17.9 Å². The topological polar surface area (TPSA) is 80.1 Å². The number of fused-ring (bicyclic) bond motifs is 2. The van der Waals surface area contributed by atoms with E-state index in [0.717, 1.165) is 23.6 Å². The second-order valence-corrected chi connectivity index (χ2v) is 6.24. The van der Waals surface area contributed by atoms with Crippen molar-refractivity contribution in [2.24, 2.45) is 0 Å². The highest BCUT2D eigenvalue weighted by Gasteiger charge is 2.36. The van der Waals surface area contributed by atoms with Gasteiger partial charge < -0.3 is 15.0 Å². The molecule has 0 aliphatic carbocycles. The van der Waals surface area contributed by atoms with Crippen molar-refractivity contribution >= 4 is 22.5 Å². The summed E-state index contributed by atoms with van der Waals surface area (Å²) in [5.41, 5.74) is 2.97. The van der Waals surface area contributed by atoms with Gasteiger partial charge in [-0.2, -0.15) is 28.2 Å². The molecule has 4 aromatic heterocycles. The fourth-order valence-corrected chi connectivity index (χ4v) is 2.90. The largest absolute Gasteiger partial charge is 0.477 e. The lowest BCUT2D eigenvalue weighted by molar-refractivity contribution is -0.138. The fraction of sp³-hybridized carbons (Fsp3) is 0.278. The molecule has 1 atom stereocenters. The average Bonchev–Trinajstić information content (AvgIpc) is 3.27. The van der Waals surface area contributed by atoms with Gasteiger partial charge in [0.15, 0.2) is 0 Å². The summed E-state index contributed by atoms with van der Waals surface area (Å²) in [5.74, 6) is 0.0643. The molecule has 28 heavy (non-hydrogen) atoms. The van der Waals surface area contributed by atoms with Crippen LogP contribution in [0, 0.1) is 0 Å². The van der Waals surface area contributed by atoms with Gasteiger partial charge in [0.2, 0.25) is 11.8 Å². The number of aromatic amines is 1. The van der Waals surface area contributed by atoms with Gasteiger partial charge in [0.05, 0.1) is 17.5 Å². The van der Waals surface area contributed by atoms with Crippen molar-refractivity contribution in [1.82, 2.24) is 24.6 Å². The van der Waals surface area contributed by atoms with Crippen LogP contribution in [0.15, 0.2) is 36.8 Å². The van der Waals surface area contributed by atoms with Crippen molar-refractivity contribution in [2.45, 2.75) is 26.1 Å². The molecule has 0 aromatic carbocycles. The molecule has 0 aliphatic heterocycles. The van der Waals surface area contributed by atoms with Crippen LogP contribution >= 0.6 is 0 Å². The van der Waals surface area contributed by atoms with Gasteiger partial charge in [-0.15, -0.1) is 0 Å². The van der Waals surface area contributed by atoms with Crippen LogP contribution in [0.3, 0.4) is 0 Å². The van der Waals surface area contributed by atoms with Gasteiger partial charge >= 0.3 is 6.18 Å². The summed E-state index contributed by atoms with van der Waals surface area (Å²) in [5, 5.41) is 7.06. The zero-order chi connectivity index (χ0) is 19.9. The number of halogens is 3. The van der Waals surface area contributed by atoms with Crippen LogP contribution in [0.1, 0.15) is 13.8 Å². The molecule has 0 saturated heterocycles. The van der Waals surface area contributed by atoms with Crippen LogP contribution in [-0.2, 0) is 0 Å². The van der Waals surface area contributed by atoms with Gasteiger partial charge in [-0.05, 0) is 37.6 Å². The number of aromatic nitrogens is 5. The Balaban J connectivity index is 1.81. The molecule has 146 valence electrons. The molecule has 0 amide bonds. The molecule has 4 aromatic rings. The third-order valence-electron chi connectivity index (χ3n) is 4.33. The Morgan fingerprint density at radius 3 is 2.86 bits per heavy atom. The van der Waals surface area contributed by atoms with Gasteiger partial charge in [-0.25, -0.2) is 4.52 Å². The number of nitrogens with zero attached hydrogens (tertiary/aromatic N) is 4. The number of hydrogen-bond acceptors (Lipinski definition) is 5. The molecule has 4 rings (SSSR count). The van der Waals surface area contributed by atoms with Crippen molar-refractivity contribution in [3.05, 3.63) is 36.8 Å². The second-order valence-electron chi connectivity index (χ2n) is 6.24. The van der Waals surface area contributed by atoms with Gasteiger partial charge in [-0.3, -0.25) is 0 Å². The quantitative estimate of drug-likeness (QED) is 0.538. The van der Waals surface area contributed by atoms with Crippen LogP contribution < -0.4 is 10.1 Å². The third kappa shape index (κ3) is 3.21. The molecule has 0 saturated carbocycles. The zero-order valence-electron chi connectivity index (χ0n) is 15.1. The highest BCUT2D eigenvalue weighted by molar-refractivity contribution is 5.98. The number of nitrogens with one attached hydrogen (secondary N) is 2. The predicted octanol–water partition coefficient (Wildman–Crippen LogP) is 4.03. The van der Waals surface area contributed by atoms with Crippen LogP contribution in [-0.4, -0.2) is 43.4 Å². The normalized spacial score (nSPS) is 13.2. The molecule has 0 radical (unpaired) electrons. The van der Waals surface area contributed by atoms with E-state index in [2.05, 4.69) is 25.4 Å². The zero-order valence-corrected chi connectivity index (χ0v) is 15.1. The minimum Gasteiger partial charge on any atom is -0.477 e. The number of anilines is 1. The lowest BCUT2D eigenvalue weighted by Gasteiger charge is -2.17. The molecule has 0 spiro atoms. The van der Waals surface area contributed by atoms with Crippen LogP contribution in [0.25, 0.3) is 27.7 Å². The molecule has 0 bridgehead atoms. The second kappa shape index (κ2) is 6.70. The first-order valence-electron chi connectivity index (χ1n) is 8.65. The number of pyridine rings is 1. The van der Waals surface area contributed by atoms with E-state index in [0.29, 0.717) is 17.6 Å². The van der Waals surface area contributed by atoms with E-state index in [9.17, 15) is 13.2 Å². The molecule has 4 heterocycles. The highest BCUT2D eigenvalue weighted by Crippen LogP contribution is 2.35. The Labute approximate surface area is 157 Å². The molecule has 0 aliphatic rings. The van der Waals surface area contributed by atoms with Gasteiger partial charge in [0.25, 0.3) is 0 Å². The van der Waals surface area contributed by atoms with E-state index in [1.807, 2.05) is 24.4 Å². The fourth-order valence-electron chi connectivity index (χ4n) is 2.90. The lowest BCUT2D eigenvalue weighted by atomic mass is 10.1. The van der Waals surface area contributed by atoms with Crippen molar-refractivity contribution in [2.75, 3.05) is 11.9 Å². The maximum Gasteiger partial charge on any atom is 0.408 e. The molecular weight excluding hydrogens is 373 g/mol. The van der Waals surface area contributed by atoms with Gasteiger partial charge in [-0.1, -0.05) is 0 Å². The summed E-state index contributed by atoms with van der Waals surface area (Å²) in [6.07, 6.45) is 0.848. The summed E-state index contributed by atoms with van der Waals surface area (Å²) in [6.45, 7) is 3.10. The first-order valence-corrected chi connectivity index (χ1v) is 8.65. The minimum absolute atomic E-state index is 0.152. The molecule has 10 heteroatoms. The third-order valence-corrected chi connectivity index (χ3v) is 4.33. The molecule has 0 fully saturated rings. The van der Waals surface area contributed by atoms with Crippen LogP contribution in [0.2, 0.25) is 0 Å². The first kappa shape index (κ1) is 18.1. The molecular formula is C18H17F3N6O. The Hall–Kier alpha value is -3.30. The van der Waals surface area contributed by atoms with Crippen molar-refractivity contribution in [3.8, 4) is 17.0 Å². The van der Waals surface area contributed by atoms with E-state index >= 15 is 0 Å². The van der Waals surface area contributed by atoms with Gasteiger partial charge in [0, 0.05) is 24.2 Å². The van der Waals surface area contributed by atoms with Crippen LogP contribution in [0.5, 0.6) is 5.88 Å². The van der Waals surface area contributed by atoms with Crippen molar-refractivity contribution in [3.63, 3.8) is 0 Å². The Kier molecular flexibility index (Phi) is 4.33. The summed E-state index contributed by atoms with van der Waals surface area (Å²) in [7, 11) is 0. The van der Waals surface area contributed by atoms with Crippen molar-refractivity contribution in [1.29, 1.82) is 0 Å². The maximum absolute atomic E-state index is 12.9. The number of alkyl halides is 3. The van der Waals surface area contributed by atoms with Gasteiger partial charge in [0.1, 0.15) is 11.7 Å². The van der Waals surface area contributed by atoms with E-state index in [1.165, 1.54) is 0 Å². The number of H-pyrrole nitrogens is 1. The first-order chi connectivity index (χ1) is 13.4. The summed E-state index contributed by atoms with van der Waals surface area (Å²) >= 11 is 0. The molecule has 1 unspecified atom stereocenters. The van der Waals surface area contributed by atoms with E-state index in [1.54, 1.807) is 23.8 Å². The predicted molar refractivity (Wildman–Crippen MR) is 98.4 cm³/mol. The van der Waals surface area contributed by atoms with Crippen LogP contribution in [0.4, 0.5) is 19.1 Å². The molecule has 7 nitrogen and oxygen atoms in total. The van der Waals surface area contributed by atoms with E-state index in [4.69, 9.17) is 4.74 Å². The Morgan fingerprint density at radius 1 is 1.29 bits per heavy atom. The SMILES string of the molecule is CCOc1nc(NC(C)C(F)(F)F)nc2[nH]cc(-c3ccn4nccc4c3)c12. The monoisotopic (exact) mass is 390 g/mol. The Morgan fingerprint density at radius 2 is 2.11 bits per heavy atom. The summed E-state index contributed by atoms with van der Waals surface area (Å²) < 4.78 is 45.9. The maximum atomic E-state index is 12.9. The lowest BCUT2D eigenvalue weighted by Crippen LogP contribution is -2.33. The minimum atomic E-state index is -4.41. The Bertz CT molecular complexity index is 1130. The summed E-state index contributed by atoms with van der Waals surface area (Å²) in [4.78, 5) is 11.4. The van der Waals surface area contributed by atoms with E-state index < -0.39 is 12.2 Å². The summed E-state index contributed by atoms with van der Waals surface area (Å²) in [6, 6.07) is 3.91. The number of rotatable bonds is 5. The average molecular weight is 390 g/mol. The number of ether oxygens (including phenoxy) is 1. The molecule has 2 N–H and O–H groups in total. The highest BCUT2D eigenvalue weighted by atomic mass is 19.4.